The molecule has 0 aromatic carbocycles. The first-order valence-corrected chi connectivity index (χ1v) is 5.80. The maximum Gasteiger partial charge on any atom is 0.316 e. The summed E-state index contributed by atoms with van der Waals surface area (Å²) in [7, 11) is 0. The second-order valence-electron chi connectivity index (χ2n) is 3.80. The molecule has 1 unspecified atom stereocenters. The largest absolute Gasteiger partial charge is 0.465 e. The number of rotatable bonds is 8. The van der Waals surface area contributed by atoms with Crippen LogP contribution in [0.5, 0.6) is 0 Å². The van der Waals surface area contributed by atoms with Crippen LogP contribution in [0.15, 0.2) is 0 Å². The van der Waals surface area contributed by atoms with E-state index in [2.05, 4.69) is 6.92 Å². The van der Waals surface area contributed by atoms with Crippen molar-refractivity contribution in [3.63, 3.8) is 0 Å². The van der Waals surface area contributed by atoms with Gasteiger partial charge in [-0.15, -0.1) is 0 Å². The molecule has 1 atom stereocenters. The van der Waals surface area contributed by atoms with Gasteiger partial charge in [-0.1, -0.05) is 33.1 Å². The molecule has 0 rings (SSSR count). The van der Waals surface area contributed by atoms with E-state index in [0.29, 0.717) is 13.0 Å². The molecule has 3 nitrogen and oxygen atoms in total. The minimum absolute atomic E-state index is 0.101. The summed E-state index contributed by atoms with van der Waals surface area (Å²) < 4.78 is 5.04. The van der Waals surface area contributed by atoms with E-state index in [4.69, 9.17) is 4.74 Å². The van der Waals surface area contributed by atoms with E-state index < -0.39 is 5.92 Å². The molecule has 0 N–H and O–H groups in total. The van der Waals surface area contributed by atoms with Gasteiger partial charge in [0.1, 0.15) is 11.7 Å². The van der Waals surface area contributed by atoms with E-state index >= 15 is 0 Å². The Morgan fingerprint density at radius 1 is 1.13 bits per heavy atom. The Morgan fingerprint density at radius 3 is 2.27 bits per heavy atom. The number of hydrogen-bond acceptors (Lipinski definition) is 3. The number of unbranched alkanes of at least 4 members (excludes halogenated alkanes) is 3. The van der Waals surface area contributed by atoms with E-state index in [0.717, 1.165) is 12.8 Å². The smallest absolute Gasteiger partial charge is 0.316 e. The first kappa shape index (κ1) is 14.1. The molecule has 0 aliphatic heterocycles. The summed E-state index contributed by atoms with van der Waals surface area (Å²) in [5.41, 5.74) is 0. The Labute approximate surface area is 92.2 Å². The number of Topliss-reactive ketones (excluding diaryl/α,β-unsaturated/α-hetero) is 1. The van der Waals surface area contributed by atoms with E-state index in [1.165, 1.54) is 19.8 Å². The molecule has 0 radical (unpaired) electrons. The molecule has 0 amide bonds. The second-order valence-corrected chi connectivity index (χ2v) is 3.80. The number of ketones is 1. The summed E-state index contributed by atoms with van der Waals surface area (Å²) >= 11 is 0. The molecule has 0 aromatic rings. The number of esters is 1. The zero-order chi connectivity index (χ0) is 11.7. The van der Waals surface area contributed by atoms with Crippen molar-refractivity contribution in [1.82, 2.24) is 0 Å². The van der Waals surface area contributed by atoms with Gasteiger partial charge in [0.25, 0.3) is 0 Å². The Kier molecular flexibility index (Phi) is 7.96. The van der Waals surface area contributed by atoms with Gasteiger partial charge in [-0.05, 0) is 19.8 Å². The van der Waals surface area contributed by atoms with Gasteiger partial charge < -0.3 is 4.74 Å². The molecule has 0 saturated carbocycles. The van der Waals surface area contributed by atoms with Crippen LogP contribution in [0.3, 0.4) is 0 Å². The zero-order valence-electron chi connectivity index (χ0n) is 10.0. The van der Waals surface area contributed by atoms with Crippen molar-refractivity contribution in [2.45, 2.75) is 52.9 Å². The average Bonchev–Trinajstić information content (AvgIpc) is 2.18. The molecule has 0 fully saturated rings. The van der Waals surface area contributed by atoms with E-state index in [-0.39, 0.29) is 11.8 Å². The van der Waals surface area contributed by atoms with Crippen molar-refractivity contribution in [3.05, 3.63) is 0 Å². The number of carbonyl (C=O) groups excluding carboxylic acids is 2. The normalized spacial score (nSPS) is 12.2. The van der Waals surface area contributed by atoms with E-state index in [1.54, 1.807) is 0 Å². The lowest BCUT2D eigenvalue weighted by molar-refractivity contribution is -0.151. The molecule has 0 aliphatic rings. The van der Waals surface area contributed by atoms with Gasteiger partial charge in [-0.3, -0.25) is 9.59 Å². The molecule has 0 aromatic heterocycles. The van der Waals surface area contributed by atoms with Crippen molar-refractivity contribution in [1.29, 1.82) is 0 Å². The molecule has 88 valence electrons. The fourth-order valence-electron chi connectivity index (χ4n) is 1.42. The van der Waals surface area contributed by atoms with Crippen LogP contribution in [0.1, 0.15) is 52.9 Å². The second kappa shape index (κ2) is 8.45. The molecule has 0 heterocycles. The summed E-state index contributed by atoms with van der Waals surface area (Å²) in [6.45, 7) is 5.84. The summed E-state index contributed by atoms with van der Waals surface area (Å²) in [6.07, 6.45) is 4.85. The first-order valence-electron chi connectivity index (χ1n) is 5.80. The van der Waals surface area contributed by atoms with Crippen molar-refractivity contribution < 1.29 is 14.3 Å². The molecule has 0 bridgehead atoms. The van der Waals surface area contributed by atoms with E-state index in [9.17, 15) is 9.59 Å². The highest BCUT2D eigenvalue weighted by atomic mass is 16.5. The summed E-state index contributed by atoms with van der Waals surface area (Å²) in [6, 6.07) is 0. The standard InChI is InChI=1S/C12H22O3/c1-4-6-7-8-9-15-12(14)11(5-2)10(3)13/h11H,4-9H2,1-3H3. The van der Waals surface area contributed by atoms with Crippen LogP contribution in [0, 0.1) is 5.92 Å². The van der Waals surface area contributed by atoms with Crippen LogP contribution in [0.2, 0.25) is 0 Å². The van der Waals surface area contributed by atoms with Crippen LogP contribution in [-0.2, 0) is 14.3 Å². The molecular weight excluding hydrogens is 192 g/mol. The third kappa shape index (κ3) is 6.26. The van der Waals surface area contributed by atoms with Crippen LogP contribution in [0.25, 0.3) is 0 Å². The number of hydrogen-bond donors (Lipinski definition) is 0. The lowest BCUT2D eigenvalue weighted by Gasteiger charge is -2.10. The highest BCUT2D eigenvalue weighted by molar-refractivity contribution is 5.97. The van der Waals surface area contributed by atoms with Crippen molar-refractivity contribution in [2.24, 2.45) is 5.92 Å². The quantitative estimate of drug-likeness (QED) is 0.354. The summed E-state index contributed by atoms with van der Waals surface area (Å²) in [4.78, 5) is 22.5. The zero-order valence-corrected chi connectivity index (χ0v) is 10.0. The first-order chi connectivity index (χ1) is 7.13. The monoisotopic (exact) mass is 214 g/mol. The van der Waals surface area contributed by atoms with Crippen LogP contribution in [-0.4, -0.2) is 18.4 Å². The Balaban J connectivity index is 3.67. The van der Waals surface area contributed by atoms with Crippen molar-refractivity contribution in [3.8, 4) is 0 Å². The number of carbonyl (C=O) groups is 2. The Hall–Kier alpha value is -0.860. The van der Waals surface area contributed by atoms with Gasteiger partial charge in [0.2, 0.25) is 0 Å². The lowest BCUT2D eigenvalue weighted by atomic mass is 10.0. The van der Waals surface area contributed by atoms with Gasteiger partial charge in [-0.2, -0.15) is 0 Å². The fraction of sp³-hybridized carbons (Fsp3) is 0.833. The third-order valence-electron chi connectivity index (χ3n) is 2.43. The van der Waals surface area contributed by atoms with Gasteiger partial charge in [0.05, 0.1) is 6.61 Å². The van der Waals surface area contributed by atoms with Crippen molar-refractivity contribution in [2.75, 3.05) is 6.61 Å². The SMILES string of the molecule is CCCCCCOC(=O)C(CC)C(C)=O. The van der Waals surface area contributed by atoms with E-state index in [1.807, 2.05) is 6.92 Å². The van der Waals surface area contributed by atoms with Crippen LogP contribution >= 0.6 is 0 Å². The predicted molar refractivity (Wildman–Crippen MR) is 59.6 cm³/mol. The topological polar surface area (TPSA) is 43.4 Å². The fourth-order valence-corrected chi connectivity index (χ4v) is 1.42. The molecular formula is C12H22O3. The Morgan fingerprint density at radius 2 is 1.80 bits per heavy atom. The summed E-state index contributed by atoms with van der Waals surface area (Å²) in [5.74, 6) is -1.02. The molecule has 0 aliphatic carbocycles. The van der Waals surface area contributed by atoms with Gasteiger partial charge in [0.15, 0.2) is 0 Å². The average molecular weight is 214 g/mol. The highest BCUT2D eigenvalue weighted by Crippen LogP contribution is 2.07. The van der Waals surface area contributed by atoms with Crippen molar-refractivity contribution >= 4 is 11.8 Å². The Bertz CT molecular complexity index is 199. The van der Waals surface area contributed by atoms with Crippen LogP contribution in [0.4, 0.5) is 0 Å². The lowest BCUT2D eigenvalue weighted by Crippen LogP contribution is -2.23. The molecule has 3 heteroatoms. The highest BCUT2D eigenvalue weighted by Gasteiger charge is 2.22. The molecule has 0 spiro atoms. The maximum absolute atomic E-state index is 11.4. The maximum atomic E-state index is 11.4. The van der Waals surface area contributed by atoms with Crippen LogP contribution < -0.4 is 0 Å². The molecule has 0 saturated heterocycles. The third-order valence-corrected chi connectivity index (χ3v) is 2.43. The predicted octanol–water partition coefficient (Wildman–Crippen LogP) is 2.73. The minimum Gasteiger partial charge on any atom is -0.465 e. The number of ether oxygens (including phenoxy) is 1. The van der Waals surface area contributed by atoms with Gasteiger partial charge in [-0.25, -0.2) is 0 Å². The minimum atomic E-state index is -0.559. The summed E-state index contributed by atoms with van der Waals surface area (Å²) in [5, 5.41) is 0. The van der Waals surface area contributed by atoms with Gasteiger partial charge >= 0.3 is 5.97 Å². The molecule has 15 heavy (non-hydrogen) atoms. The van der Waals surface area contributed by atoms with Gasteiger partial charge in [0, 0.05) is 0 Å².